The molecule has 0 aromatic heterocycles. The van der Waals surface area contributed by atoms with E-state index in [4.69, 9.17) is 0 Å². The van der Waals surface area contributed by atoms with Gasteiger partial charge in [0.1, 0.15) is 0 Å². The van der Waals surface area contributed by atoms with Crippen molar-refractivity contribution in [2.24, 2.45) is 5.92 Å². The van der Waals surface area contributed by atoms with Gasteiger partial charge in [-0.15, -0.1) is 0 Å². The van der Waals surface area contributed by atoms with Crippen molar-refractivity contribution in [3.05, 3.63) is 65.7 Å². The van der Waals surface area contributed by atoms with Gasteiger partial charge in [-0.05, 0) is 62.8 Å². The average Bonchev–Trinajstić information content (AvgIpc) is 2.84. The first kappa shape index (κ1) is 23.3. The first-order chi connectivity index (χ1) is 16.0. The number of rotatable bonds is 6. The van der Waals surface area contributed by atoms with Gasteiger partial charge < -0.3 is 14.7 Å². The van der Waals surface area contributed by atoms with E-state index >= 15 is 0 Å². The topological polar surface area (TPSA) is 43.9 Å². The van der Waals surface area contributed by atoms with E-state index in [9.17, 15) is 9.59 Å². The summed E-state index contributed by atoms with van der Waals surface area (Å²) in [6, 6.07) is 19.2. The average molecular weight is 448 g/mol. The normalized spacial score (nSPS) is 21.2. The summed E-state index contributed by atoms with van der Waals surface area (Å²) in [5.41, 5.74) is 3.77. The zero-order valence-corrected chi connectivity index (χ0v) is 20.1. The van der Waals surface area contributed by atoms with E-state index in [1.165, 1.54) is 16.8 Å². The van der Waals surface area contributed by atoms with E-state index in [0.29, 0.717) is 13.0 Å². The zero-order chi connectivity index (χ0) is 23.2. The van der Waals surface area contributed by atoms with Crippen molar-refractivity contribution in [1.82, 2.24) is 9.80 Å². The Hall–Kier alpha value is -2.82. The third-order valence-corrected chi connectivity index (χ3v) is 7.09. The van der Waals surface area contributed by atoms with Crippen LogP contribution in [0.2, 0.25) is 0 Å². The standard InChI is InChI=1S/C28H37N3O2/c1-22-9-6-14-26(19-22)31-18-17-30(20-23(31)2)28(33)25-13-8-16-29(21-25)27(32)15-7-12-24-10-4-3-5-11-24/h3-6,9-11,14,19,23,25H,7-8,12-13,15-18,20-21H2,1-2H3. The van der Waals surface area contributed by atoms with Gasteiger partial charge in [-0.2, -0.15) is 0 Å². The number of hydrogen-bond acceptors (Lipinski definition) is 3. The van der Waals surface area contributed by atoms with E-state index in [2.05, 4.69) is 55.1 Å². The molecule has 5 heteroatoms. The Labute approximate surface area is 198 Å². The molecule has 2 aromatic rings. The maximum absolute atomic E-state index is 13.3. The summed E-state index contributed by atoms with van der Waals surface area (Å²) in [7, 11) is 0. The van der Waals surface area contributed by atoms with E-state index in [-0.39, 0.29) is 23.8 Å². The fraction of sp³-hybridized carbons (Fsp3) is 0.500. The molecule has 0 spiro atoms. The third-order valence-electron chi connectivity index (χ3n) is 7.09. The van der Waals surface area contributed by atoms with Crippen LogP contribution in [0.5, 0.6) is 0 Å². The second-order valence-electron chi connectivity index (χ2n) is 9.68. The molecule has 0 N–H and O–H groups in total. The molecule has 2 amide bonds. The molecule has 0 aliphatic carbocycles. The van der Waals surface area contributed by atoms with Crippen LogP contribution in [-0.2, 0) is 16.0 Å². The van der Waals surface area contributed by atoms with E-state index in [0.717, 1.165) is 51.9 Å². The van der Waals surface area contributed by atoms with Crippen LogP contribution < -0.4 is 4.90 Å². The van der Waals surface area contributed by atoms with Crippen molar-refractivity contribution < 1.29 is 9.59 Å². The lowest BCUT2D eigenvalue weighted by Gasteiger charge is -2.43. The minimum Gasteiger partial charge on any atom is -0.365 e. The van der Waals surface area contributed by atoms with E-state index < -0.39 is 0 Å². The second-order valence-corrected chi connectivity index (χ2v) is 9.68. The minimum atomic E-state index is -0.0606. The summed E-state index contributed by atoms with van der Waals surface area (Å²) in [4.78, 5) is 32.5. The van der Waals surface area contributed by atoms with Gasteiger partial charge in [0.15, 0.2) is 0 Å². The van der Waals surface area contributed by atoms with Gasteiger partial charge in [0, 0.05) is 50.9 Å². The Balaban J connectivity index is 1.27. The molecule has 0 saturated carbocycles. The molecule has 0 radical (unpaired) electrons. The fourth-order valence-electron chi connectivity index (χ4n) is 5.26. The lowest BCUT2D eigenvalue weighted by atomic mass is 9.95. The number of piperazine rings is 1. The lowest BCUT2D eigenvalue weighted by molar-refractivity contribution is -0.141. The van der Waals surface area contributed by atoms with Crippen LogP contribution in [0.15, 0.2) is 54.6 Å². The highest BCUT2D eigenvalue weighted by Crippen LogP contribution is 2.25. The maximum atomic E-state index is 13.3. The number of carbonyl (C=O) groups is 2. The number of likely N-dealkylation sites (tertiary alicyclic amines) is 1. The molecule has 5 nitrogen and oxygen atoms in total. The number of carbonyl (C=O) groups excluding carboxylic acids is 2. The van der Waals surface area contributed by atoms with Crippen molar-refractivity contribution in [3.63, 3.8) is 0 Å². The summed E-state index contributed by atoms with van der Waals surface area (Å²) in [6.45, 7) is 8.02. The molecule has 2 heterocycles. The largest absolute Gasteiger partial charge is 0.365 e. The van der Waals surface area contributed by atoms with Crippen LogP contribution in [0.4, 0.5) is 5.69 Å². The number of hydrogen-bond donors (Lipinski definition) is 0. The fourth-order valence-corrected chi connectivity index (χ4v) is 5.26. The minimum absolute atomic E-state index is 0.0606. The van der Waals surface area contributed by atoms with Crippen LogP contribution in [-0.4, -0.2) is 60.4 Å². The van der Waals surface area contributed by atoms with Crippen LogP contribution >= 0.6 is 0 Å². The number of aryl methyl sites for hydroxylation is 2. The summed E-state index contributed by atoms with van der Waals surface area (Å²) in [6.07, 6.45) is 4.14. The number of amides is 2. The molecule has 176 valence electrons. The molecular weight excluding hydrogens is 410 g/mol. The number of piperidine rings is 1. The van der Waals surface area contributed by atoms with Crippen molar-refractivity contribution in [3.8, 4) is 0 Å². The SMILES string of the molecule is Cc1cccc(N2CCN(C(=O)C3CCCN(C(=O)CCCc4ccccc4)C3)CC2C)c1. The van der Waals surface area contributed by atoms with Crippen molar-refractivity contribution in [2.75, 3.05) is 37.6 Å². The van der Waals surface area contributed by atoms with E-state index in [1.807, 2.05) is 28.0 Å². The zero-order valence-electron chi connectivity index (χ0n) is 20.1. The van der Waals surface area contributed by atoms with Gasteiger partial charge in [-0.3, -0.25) is 9.59 Å². The van der Waals surface area contributed by atoms with Crippen molar-refractivity contribution >= 4 is 17.5 Å². The van der Waals surface area contributed by atoms with Crippen molar-refractivity contribution in [2.45, 2.75) is 52.0 Å². The summed E-state index contributed by atoms with van der Waals surface area (Å²) < 4.78 is 0. The summed E-state index contributed by atoms with van der Waals surface area (Å²) in [5, 5.41) is 0. The number of nitrogens with zero attached hydrogens (tertiary/aromatic N) is 3. The van der Waals surface area contributed by atoms with E-state index in [1.54, 1.807) is 0 Å². The Morgan fingerprint density at radius 3 is 2.52 bits per heavy atom. The van der Waals surface area contributed by atoms with Crippen LogP contribution in [0.3, 0.4) is 0 Å². The van der Waals surface area contributed by atoms with Gasteiger partial charge in [-0.25, -0.2) is 0 Å². The first-order valence-electron chi connectivity index (χ1n) is 12.4. The molecule has 2 atom stereocenters. The van der Waals surface area contributed by atoms with Crippen LogP contribution in [0.1, 0.15) is 43.7 Å². The Morgan fingerprint density at radius 2 is 1.76 bits per heavy atom. The molecule has 2 fully saturated rings. The summed E-state index contributed by atoms with van der Waals surface area (Å²) >= 11 is 0. The van der Waals surface area contributed by atoms with Crippen molar-refractivity contribution in [1.29, 1.82) is 0 Å². The summed E-state index contributed by atoms with van der Waals surface area (Å²) in [5.74, 6) is 0.364. The van der Waals surface area contributed by atoms with Gasteiger partial charge >= 0.3 is 0 Å². The third kappa shape index (κ3) is 5.95. The Morgan fingerprint density at radius 1 is 0.939 bits per heavy atom. The molecule has 2 unspecified atom stereocenters. The van der Waals surface area contributed by atoms with Crippen LogP contribution in [0.25, 0.3) is 0 Å². The smallest absolute Gasteiger partial charge is 0.227 e. The van der Waals surface area contributed by atoms with Gasteiger partial charge in [0.25, 0.3) is 0 Å². The number of benzene rings is 2. The Kier molecular flexibility index (Phi) is 7.69. The molecule has 2 aromatic carbocycles. The van der Waals surface area contributed by atoms with Crippen LogP contribution in [0, 0.1) is 12.8 Å². The molecule has 33 heavy (non-hydrogen) atoms. The maximum Gasteiger partial charge on any atom is 0.227 e. The quantitative estimate of drug-likeness (QED) is 0.663. The molecule has 2 saturated heterocycles. The molecular formula is C28H37N3O2. The van der Waals surface area contributed by atoms with Gasteiger partial charge in [0.2, 0.25) is 11.8 Å². The highest BCUT2D eigenvalue weighted by atomic mass is 16.2. The first-order valence-corrected chi connectivity index (χ1v) is 12.4. The molecule has 0 bridgehead atoms. The van der Waals surface area contributed by atoms with Gasteiger partial charge in [-0.1, -0.05) is 42.5 Å². The predicted octanol–water partition coefficient (Wildman–Crippen LogP) is 4.29. The monoisotopic (exact) mass is 447 g/mol. The second kappa shape index (κ2) is 10.9. The molecule has 2 aliphatic heterocycles. The van der Waals surface area contributed by atoms with Gasteiger partial charge in [0.05, 0.1) is 5.92 Å². The lowest BCUT2D eigenvalue weighted by Crippen LogP contribution is -2.56. The predicted molar refractivity (Wildman–Crippen MR) is 133 cm³/mol. The highest BCUT2D eigenvalue weighted by molar-refractivity contribution is 5.81. The Bertz CT molecular complexity index is 945. The highest BCUT2D eigenvalue weighted by Gasteiger charge is 2.34. The number of anilines is 1. The molecule has 2 aliphatic rings. The molecule has 4 rings (SSSR count).